The van der Waals surface area contributed by atoms with Gasteiger partial charge in [0, 0.05) is 24.8 Å². The van der Waals surface area contributed by atoms with Crippen molar-refractivity contribution in [3.05, 3.63) is 29.1 Å². The van der Waals surface area contributed by atoms with Crippen molar-refractivity contribution in [2.75, 3.05) is 19.8 Å². The monoisotopic (exact) mass is 260 g/mol. The number of aryl methyl sites for hydroxylation is 1. The van der Waals surface area contributed by atoms with E-state index in [4.69, 9.17) is 9.72 Å². The number of ether oxygens (including phenoxy) is 1. The van der Waals surface area contributed by atoms with E-state index in [-0.39, 0.29) is 0 Å². The molecule has 104 valence electrons. The van der Waals surface area contributed by atoms with Crippen molar-refractivity contribution in [1.82, 2.24) is 10.3 Å². The van der Waals surface area contributed by atoms with Gasteiger partial charge in [0.25, 0.3) is 0 Å². The minimum atomic E-state index is 0.552. The van der Waals surface area contributed by atoms with Crippen LogP contribution in [0.5, 0.6) is 0 Å². The van der Waals surface area contributed by atoms with Gasteiger partial charge in [-0.3, -0.25) is 4.98 Å². The fraction of sp³-hybridized carbons (Fsp3) is 0.688. The maximum absolute atomic E-state index is 5.53. The van der Waals surface area contributed by atoms with Crippen molar-refractivity contribution in [2.45, 2.75) is 45.1 Å². The van der Waals surface area contributed by atoms with Crippen molar-refractivity contribution in [2.24, 2.45) is 5.92 Å². The lowest BCUT2D eigenvalue weighted by molar-refractivity contribution is 0.193. The standard InChI is InChI=1S/C16H24N2O/c1-2-14-5-6-15(13-7-8-19-11-13)16(18-14)10-17-9-12-3-4-12/h5-6,12-13,17H,2-4,7-11H2,1H3. The van der Waals surface area contributed by atoms with Gasteiger partial charge in [0.2, 0.25) is 0 Å². The minimum absolute atomic E-state index is 0.552. The summed E-state index contributed by atoms with van der Waals surface area (Å²) >= 11 is 0. The SMILES string of the molecule is CCc1ccc(C2CCOC2)c(CNCC2CC2)n1. The van der Waals surface area contributed by atoms with Crippen LogP contribution in [0.25, 0.3) is 0 Å². The predicted octanol–water partition coefficient (Wildman–Crippen LogP) is 2.65. The molecule has 0 spiro atoms. The summed E-state index contributed by atoms with van der Waals surface area (Å²) in [7, 11) is 0. The van der Waals surface area contributed by atoms with Gasteiger partial charge in [-0.25, -0.2) is 0 Å². The maximum Gasteiger partial charge on any atom is 0.0580 e. The Bertz CT molecular complexity index is 423. The van der Waals surface area contributed by atoms with Gasteiger partial charge < -0.3 is 10.1 Å². The van der Waals surface area contributed by atoms with Crippen LogP contribution in [0.2, 0.25) is 0 Å². The molecule has 1 atom stereocenters. The topological polar surface area (TPSA) is 34.1 Å². The third kappa shape index (κ3) is 3.34. The number of aromatic nitrogens is 1. The Hall–Kier alpha value is -0.930. The Labute approximate surface area is 115 Å². The number of rotatable bonds is 6. The normalized spacial score (nSPS) is 22.9. The molecule has 1 saturated heterocycles. The highest BCUT2D eigenvalue weighted by molar-refractivity contribution is 5.27. The number of pyridine rings is 1. The largest absolute Gasteiger partial charge is 0.381 e. The Morgan fingerprint density at radius 2 is 2.21 bits per heavy atom. The quantitative estimate of drug-likeness (QED) is 0.854. The number of hydrogen-bond acceptors (Lipinski definition) is 3. The average Bonchev–Trinajstić information content (AvgIpc) is 3.10. The van der Waals surface area contributed by atoms with E-state index < -0.39 is 0 Å². The predicted molar refractivity (Wildman–Crippen MR) is 76.2 cm³/mol. The lowest BCUT2D eigenvalue weighted by Gasteiger charge is -2.15. The van der Waals surface area contributed by atoms with Crippen molar-refractivity contribution < 1.29 is 4.74 Å². The highest BCUT2D eigenvalue weighted by Gasteiger charge is 2.23. The van der Waals surface area contributed by atoms with Crippen LogP contribution in [0.1, 0.15) is 49.1 Å². The van der Waals surface area contributed by atoms with Crippen LogP contribution in [0, 0.1) is 5.92 Å². The van der Waals surface area contributed by atoms with Crippen LogP contribution in [-0.4, -0.2) is 24.7 Å². The zero-order valence-corrected chi connectivity index (χ0v) is 11.8. The van der Waals surface area contributed by atoms with Gasteiger partial charge in [0.05, 0.1) is 12.3 Å². The molecule has 3 heteroatoms. The third-order valence-corrected chi connectivity index (χ3v) is 4.22. The molecule has 2 fully saturated rings. The molecular weight excluding hydrogens is 236 g/mol. The van der Waals surface area contributed by atoms with Gasteiger partial charge in [0.15, 0.2) is 0 Å². The molecule has 0 bridgehead atoms. The molecule has 0 radical (unpaired) electrons. The summed E-state index contributed by atoms with van der Waals surface area (Å²) in [5.74, 6) is 1.48. The molecule has 1 aromatic rings. The molecular formula is C16H24N2O. The van der Waals surface area contributed by atoms with Crippen molar-refractivity contribution in [1.29, 1.82) is 0 Å². The molecule has 0 aromatic carbocycles. The number of nitrogens with zero attached hydrogens (tertiary/aromatic N) is 1. The lowest BCUT2D eigenvalue weighted by atomic mass is 9.96. The zero-order valence-electron chi connectivity index (χ0n) is 11.8. The Morgan fingerprint density at radius 3 is 2.89 bits per heavy atom. The Balaban J connectivity index is 1.71. The molecule has 19 heavy (non-hydrogen) atoms. The molecule has 1 unspecified atom stereocenters. The van der Waals surface area contributed by atoms with Gasteiger partial charge in [0.1, 0.15) is 0 Å². The zero-order chi connectivity index (χ0) is 13.1. The van der Waals surface area contributed by atoms with E-state index in [1.807, 2.05) is 0 Å². The second kappa shape index (κ2) is 6.02. The number of hydrogen-bond donors (Lipinski definition) is 1. The fourth-order valence-electron chi connectivity index (χ4n) is 2.76. The molecule has 2 aliphatic rings. The molecule has 1 saturated carbocycles. The minimum Gasteiger partial charge on any atom is -0.381 e. The smallest absolute Gasteiger partial charge is 0.0580 e. The van der Waals surface area contributed by atoms with Crippen molar-refractivity contribution >= 4 is 0 Å². The second-order valence-electron chi connectivity index (χ2n) is 5.83. The molecule has 1 aliphatic carbocycles. The highest BCUT2D eigenvalue weighted by Crippen LogP contribution is 2.29. The fourth-order valence-corrected chi connectivity index (χ4v) is 2.76. The molecule has 3 rings (SSSR count). The van der Waals surface area contributed by atoms with E-state index in [1.165, 1.54) is 29.8 Å². The summed E-state index contributed by atoms with van der Waals surface area (Å²) in [5.41, 5.74) is 3.85. The highest BCUT2D eigenvalue weighted by atomic mass is 16.5. The summed E-state index contributed by atoms with van der Waals surface area (Å²) < 4.78 is 5.53. The van der Waals surface area contributed by atoms with Gasteiger partial charge in [-0.15, -0.1) is 0 Å². The van der Waals surface area contributed by atoms with E-state index in [9.17, 15) is 0 Å². The first-order valence-corrected chi connectivity index (χ1v) is 7.64. The van der Waals surface area contributed by atoms with Crippen LogP contribution >= 0.6 is 0 Å². The summed E-state index contributed by atoms with van der Waals surface area (Å²) in [5, 5.41) is 3.58. The second-order valence-corrected chi connectivity index (χ2v) is 5.83. The van der Waals surface area contributed by atoms with E-state index >= 15 is 0 Å². The maximum atomic E-state index is 5.53. The Morgan fingerprint density at radius 1 is 1.32 bits per heavy atom. The molecule has 1 aliphatic heterocycles. The van der Waals surface area contributed by atoms with E-state index in [1.54, 1.807) is 0 Å². The summed E-state index contributed by atoms with van der Waals surface area (Å²) in [6.07, 6.45) is 4.96. The van der Waals surface area contributed by atoms with Gasteiger partial charge in [-0.05, 0) is 49.8 Å². The average molecular weight is 260 g/mol. The summed E-state index contributed by atoms with van der Waals surface area (Å²) in [4.78, 5) is 4.83. The number of nitrogens with one attached hydrogen (secondary N) is 1. The third-order valence-electron chi connectivity index (χ3n) is 4.22. The first kappa shape index (κ1) is 13.1. The van der Waals surface area contributed by atoms with Gasteiger partial charge >= 0.3 is 0 Å². The molecule has 1 aromatic heterocycles. The van der Waals surface area contributed by atoms with Gasteiger partial charge in [-0.1, -0.05) is 13.0 Å². The summed E-state index contributed by atoms with van der Waals surface area (Å²) in [6, 6.07) is 4.46. The van der Waals surface area contributed by atoms with Gasteiger partial charge in [-0.2, -0.15) is 0 Å². The van der Waals surface area contributed by atoms with Crippen LogP contribution in [0.3, 0.4) is 0 Å². The molecule has 1 N–H and O–H groups in total. The van der Waals surface area contributed by atoms with Crippen LogP contribution in [0.15, 0.2) is 12.1 Å². The van der Waals surface area contributed by atoms with E-state index in [0.717, 1.165) is 45.1 Å². The summed E-state index contributed by atoms with van der Waals surface area (Å²) in [6.45, 7) is 5.99. The molecule has 3 nitrogen and oxygen atoms in total. The van der Waals surface area contributed by atoms with Crippen molar-refractivity contribution in [3.8, 4) is 0 Å². The van der Waals surface area contributed by atoms with Crippen LogP contribution in [-0.2, 0) is 17.7 Å². The first-order valence-electron chi connectivity index (χ1n) is 7.64. The molecule has 2 heterocycles. The van der Waals surface area contributed by atoms with Crippen LogP contribution < -0.4 is 5.32 Å². The first-order chi connectivity index (χ1) is 9.36. The van der Waals surface area contributed by atoms with Crippen LogP contribution in [0.4, 0.5) is 0 Å². The van der Waals surface area contributed by atoms with E-state index in [2.05, 4.69) is 24.4 Å². The Kier molecular flexibility index (Phi) is 4.14. The van der Waals surface area contributed by atoms with E-state index in [0.29, 0.717) is 5.92 Å². The molecule has 0 amide bonds. The van der Waals surface area contributed by atoms with Crippen molar-refractivity contribution in [3.63, 3.8) is 0 Å². The lowest BCUT2D eigenvalue weighted by Crippen LogP contribution is -2.19.